The van der Waals surface area contributed by atoms with Crippen LogP contribution in [0.5, 0.6) is 5.75 Å². The molecule has 1 saturated heterocycles. The van der Waals surface area contributed by atoms with E-state index in [0.29, 0.717) is 32.5 Å². The number of aliphatic hydroxyl groups excluding tert-OH is 1. The maximum absolute atomic E-state index is 12.2. The molecule has 0 saturated carbocycles. The highest BCUT2D eigenvalue weighted by Gasteiger charge is 2.26. The first kappa shape index (κ1) is 15.8. The predicted octanol–water partition coefficient (Wildman–Crippen LogP) is 2.30. The average Bonchev–Trinajstić information content (AvgIpc) is 2.45. The minimum absolute atomic E-state index is 0.111. The van der Waals surface area contributed by atoms with Crippen molar-refractivity contribution in [3.63, 3.8) is 0 Å². The van der Waals surface area contributed by atoms with Crippen molar-refractivity contribution in [1.82, 2.24) is 4.90 Å². The quantitative estimate of drug-likeness (QED) is 0.926. The van der Waals surface area contributed by atoms with E-state index in [-0.39, 0.29) is 17.9 Å². The molecule has 2 unspecified atom stereocenters. The van der Waals surface area contributed by atoms with E-state index in [0.717, 1.165) is 16.9 Å². The van der Waals surface area contributed by atoms with Crippen LogP contribution in [0.4, 0.5) is 0 Å². The van der Waals surface area contributed by atoms with Gasteiger partial charge in [-0.05, 0) is 37.3 Å². The summed E-state index contributed by atoms with van der Waals surface area (Å²) in [5.41, 5.74) is 2.19. The summed E-state index contributed by atoms with van der Waals surface area (Å²) in [6, 6.07) is 6.03. The number of rotatable bonds is 4. The molecule has 116 valence electrons. The first-order valence-electron chi connectivity index (χ1n) is 7.64. The number of benzene rings is 1. The molecule has 0 spiro atoms. The van der Waals surface area contributed by atoms with Crippen LogP contribution in [0.25, 0.3) is 0 Å². The number of para-hydroxylation sites is 1. The Morgan fingerprint density at radius 3 is 2.67 bits per heavy atom. The second-order valence-corrected chi connectivity index (χ2v) is 5.99. The molecule has 0 aliphatic carbocycles. The molecule has 0 radical (unpaired) electrons. The Morgan fingerprint density at radius 1 is 1.38 bits per heavy atom. The van der Waals surface area contributed by atoms with Gasteiger partial charge < -0.3 is 14.7 Å². The Hall–Kier alpha value is -1.55. The topological polar surface area (TPSA) is 49.8 Å². The largest absolute Gasteiger partial charge is 0.493 e. The van der Waals surface area contributed by atoms with E-state index in [4.69, 9.17) is 4.74 Å². The minimum Gasteiger partial charge on any atom is -0.493 e. The third-order valence-electron chi connectivity index (χ3n) is 4.18. The highest BCUT2D eigenvalue weighted by atomic mass is 16.5. The summed E-state index contributed by atoms with van der Waals surface area (Å²) in [5, 5.41) is 9.70. The second kappa shape index (κ2) is 6.94. The van der Waals surface area contributed by atoms with Crippen molar-refractivity contribution in [1.29, 1.82) is 0 Å². The summed E-state index contributed by atoms with van der Waals surface area (Å²) >= 11 is 0. The van der Waals surface area contributed by atoms with Crippen molar-refractivity contribution in [2.45, 2.75) is 39.7 Å². The van der Waals surface area contributed by atoms with Gasteiger partial charge in [0.15, 0.2) is 0 Å². The van der Waals surface area contributed by atoms with Crippen molar-refractivity contribution in [2.75, 3.05) is 19.7 Å². The van der Waals surface area contributed by atoms with Gasteiger partial charge in [0, 0.05) is 13.1 Å². The van der Waals surface area contributed by atoms with Crippen LogP contribution >= 0.6 is 0 Å². The lowest BCUT2D eigenvalue weighted by Crippen LogP contribution is -2.45. The molecular formula is C17H25NO3. The lowest BCUT2D eigenvalue weighted by atomic mass is 9.96. The summed E-state index contributed by atoms with van der Waals surface area (Å²) in [7, 11) is 0. The number of likely N-dealkylation sites (tertiary alicyclic amines) is 1. The zero-order chi connectivity index (χ0) is 15.4. The molecule has 1 aliphatic rings. The standard InChI is InChI=1S/C17H25NO3/c1-12-5-4-6-13(2)17(12)21-10-8-16(20)18-9-7-15(19)14(3)11-18/h4-6,14-15,19H,7-11H2,1-3H3. The van der Waals surface area contributed by atoms with Gasteiger partial charge in [-0.25, -0.2) is 0 Å². The molecule has 2 atom stereocenters. The summed E-state index contributed by atoms with van der Waals surface area (Å²) < 4.78 is 5.78. The molecule has 1 N–H and O–H groups in total. The average molecular weight is 291 g/mol. The number of aliphatic hydroxyl groups is 1. The van der Waals surface area contributed by atoms with Crippen molar-refractivity contribution < 1.29 is 14.6 Å². The summed E-state index contributed by atoms with van der Waals surface area (Å²) in [6.45, 7) is 7.70. The minimum atomic E-state index is -0.278. The van der Waals surface area contributed by atoms with Gasteiger partial charge in [-0.15, -0.1) is 0 Å². The van der Waals surface area contributed by atoms with Gasteiger partial charge >= 0.3 is 0 Å². The third kappa shape index (κ3) is 3.97. The molecule has 1 aliphatic heterocycles. The highest BCUT2D eigenvalue weighted by Crippen LogP contribution is 2.22. The van der Waals surface area contributed by atoms with E-state index in [1.54, 1.807) is 0 Å². The molecule has 1 amide bonds. The number of hydrogen-bond donors (Lipinski definition) is 1. The Bertz CT molecular complexity index is 481. The van der Waals surface area contributed by atoms with Crippen LogP contribution in [0.1, 0.15) is 30.9 Å². The SMILES string of the molecule is Cc1cccc(C)c1OCCC(=O)N1CCC(O)C(C)C1. The van der Waals surface area contributed by atoms with Gasteiger partial charge in [-0.1, -0.05) is 25.1 Å². The lowest BCUT2D eigenvalue weighted by molar-refractivity contribution is -0.135. The van der Waals surface area contributed by atoms with Crippen LogP contribution in [0.15, 0.2) is 18.2 Å². The number of nitrogens with zero attached hydrogens (tertiary/aromatic N) is 1. The molecule has 1 aromatic carbocycles. The van der Waals surface area contributed by atoms with Crippen molar-refractivity contribution >= 4 is 5.91 Å². The molecule has 1 aromatic rings. The fraction of sp³-hybridized carbons (Fsp3) is 0.588. The number of carbonyl (C=O) groups excluding carboxylic acids is 1. The maximum atomic E-state index is 12.2. The maximum Gasteiger partial charge on any atom is 0.226 e. The van der Waals surface area contributed by atoms with E-state index in [1.165, 1.54) is 0 Å². The van der Waals surface area contributed by atoms with Crippen LogP contribution in [0.2, 0.25) is 0 Å². The second-order valence-electron chi connectivity index (χ2n) is 5.99. The summed E-state index contributed by atoms with van der Waals surface area (Å²) in [4.78, 5) is 14.0. The van der Waals surface area contributed by atoms with Crippen LogP contribution in [-0.2, 0) is 4.79 Å². The smallest absolute Gasteiger partial charge is 0.226 e. The van der Waals surface area contributed by atoms with Gasteiger partial charge in [-0.2, -0.15) is 0 Å². The number of hydrogen-bond acceptors (Lipinski definition) is 3. The first-order valence-corrected chi connectivity index (χ1v) is 7.64. The molecular weight excluding hydrogens is 266 g/mol. The predicted molar refractivity (Wildman–Crippen MR) is 82.4 cm³/mol. The fourth-order valence-corrected chi connectivity index (χ4v) is 2.79. The molecule has 0 bridgehead atoms. The highest BCUT2D eigenvalue weighted by molar-refractivity contribution is 5.76. The van der Waals surface area contributed by atoms with Crippen LogP contribution in [0, 0.1) is 19.8 Å². The Kier molecular flexibility index (Phi) is 5.23. The van der Waals surface area contributed by atoms with Crippen molar-refractivity contribution in [3.8, 4) is 5.75 Å². The normalized spacial score (nSPS) is 22.2. The zero-order valence-electron chi connectivity index (χ0n) is 13.1. The van der Waals surface area contributed by atoms with Crippen molar-refractivity contribution in [2.24, 2.45) is 5.92 Å². The molecule has 1 heterocycles. The number of piperidine rings is 1. The van der Waals surface area contributed by atoms with Gasteiger partial charge in [0.1, 0.15) is 5.75 Å². The lowest BCUT2D eigenvalue weighted by Gasteiger charge is -2.34. The molecule has 21 heavy (non-hydrogen) atoms. The number of ether oxygens (including phenoxy) is 1. The fourth-order valence-electron chi connectivity index (χ4n) is 2.79. The van der Waals surface area contributed by atoms with Crippen LogP contribution in [0.3, 0.4) is 0 Å². The van der Waals surface area contributed by atoms with E-state index >= 15 is 0 Å². The molecule has 2 rings (SSSR count). The van der Waals surface area contributed by atoms with Gasteiger partial charge in [0.05, 0.1) is 19.1 Å². The van der Waals surface area contributed by atoms with Gasteiger partial charge in [-0.3, -0.25) is 4.79 Å². The Morgan fingerprint density at radius 2 is 2.05 bits per heavy atom. The molecule has 1 fully saturated rings. The monoisotopic (exact) mass is 291 g/mol. The number of aryl methyl sites for hydroxylation is 2. The number of carbonyl (C=O) groups is 1. The van der Waals surface area contributed by atoms with Crippen LogP contribution < -0.4 is 4.74 Å². The summed E-state index contributed by atoms with van der Waals surface area (Å²) in [6.07, 6.45) is 0.779. The van der Waals surface area contributed by atoms with E-state index < -0.39 is 0 Å². The summed E-state index contributed by atoms with van der Waals surface area (Å²) in [5.74, 6) is 1.15. The van der Waals surface area contributed by atoms with Crippen molar-refractivity contribution in [3.05, 3.63) is 29.3 Å². The van der Waals surface area contributed by atoms with E-state index in [1.807, 2.05) is 43.9 Å². The Balaban J connectivity index is 1.82. The van der Waals surface area contributed by atoms with E-state index in [2.05, 4.69) is 0 Å². The van der Waals surface area contributed by atoms with Gasteiger partial charge in [0.2, 0.25) is 5.91 Å². The third-order valence-corrected chi connectivity index (χ3v) is 4.18. The number of amides is 1. The van der Waals surface area contributed by atoms with Crippen LogP contribution in [-0.4, -0.2) is 41.7 Å². The molecule has 4 nitrogen and oxygen atoms in total. The zero-order valence-corrected chi connectivity index (χ0v) is 13.1. The van der Waals surface area contributed by atoms with Gasteiger partial charge in [0.25, 0.3) is 0 Å². The molecule has 4 heteroatoms. The molecule has 0 aromatic heterocycles. The first-order chi connectivity index (χ1) is 9.99. The Labute approximate surface area is 126 Å². The van der Waals surface area contributed by atoms with E-state index in [9.17, 15) is 9.90 Å².